The number of nitrogens with zero attached hydrogens (tertiary/aromatic N) is 3. The molecule has 0 amide bonds. The largest absolute Gasteiger partial charge is 0.291 e. The smallest absolute Gasteiger partial charge is 0.266 e. The monoisotopic (exact) mass is 299 g/mol. The fourth-order valence-electron chi connectivity index (χ4n) is 2.16. The summed E-state index contributed by atoms with van der Waals surface area (Å²) >= 11 is 1.37. The van der Waals surface area contributed by atoms with Crippen molar-refractivity contribution in [3.8, 4) is 0 Å². The van der Waals surface area contributed by atoms with Crippen LogP contribution in [0.2, 0.25) is 0 Å². The highest BCUT2D eigenvalue weighted by Gasteiger charge is 2.12. The molecule has 5 heteroatoms. The molecule has 0 unspecified atom stereocenters. The van der Waals surface area contributed by atoms with Gasteiger partial charge in [-0.1, -0.05) is 56.4 Å². The van der Waals surface area contributed by atoms with Crippen molar-refractivity contribution in [3.63, 3.8) is 0 Å². The Labute approximate surface area is 126 Å². The molecule has 0 N–H and O–H groups in total. The first-order valence-electron chi connectivity index (χ1n) is 6.83. The molecule has 3 rings (SSSR count). The first-order chi connectivity index (χ1) is 9.84. The summed E-state index contributed by atoms with van der Waals surface area (Å²) in [6.45, 7) is 8.34. The van der Waals surface area contributed by atoms with Crippen LogP contribution in [0.3, 0.4) is 0 Å². The Kier molecular flexibility index (Phi) is 3.17. The third kappa shape index (κ3) is 2.61. The first-order valence-corrected chi connectivity index (χ1v) is 7.65. The molecule has 0 radical (unpaired) electrons. The van der Waals surface area contributed by atoms with Crippen LogP contribution >= 0.6 is 11.3 Å². The molecule has 1 aromatic carbocycles. The van der Waals surface area contributed by atoms with E-state index in [1.807, 2.05) is 18.2 Å². The van der Waals surface area contributed by atoms with Crippen LogP contribution in [0.1, 0.15) is 37.7 Å². The fourth-order valence-corrected chi connectivity index (χ4v) is 3.12. The van der Waals surface area contributed by atoms with Crippen LogP contribution in [0.15, 0.2) is 29.1 Å². The van der Waals surface area contributed by atoms with Crippen molar-refractivity contribution in [1.82, 2.24) is 14.6 Å². The lowest BCUT2D eigenvalue weighted by atomic mass is 9.87. The molecule has 0 spiro atoms. The van der Waals surface area contributed by atoms with Crippen LogP contribution in [0.5, 0.6) is 0 Å². The van der Waals surface area contributed by atoms with Crippen molar-refractivity contribution in [3.05, 3.63) is 56.1 Å². The van der Waals surface area contributed by atoms with Gasteiger partial charge in [0, 0.05) is 0 Å². The quantitative estimate of drug-likeness (QED) is 0.693. The zero-order chi connectivity index (χ0) is 15.2. The summed E-state index contributed by atoms with van der Waals surface area (Å²) in [5.74, 6) is 0.624. The van der Waals surface area contributed by atoms with Gasteiger partial charge in [-0.25, -0.2) is 4.98 Å². The van der Waals surface area contributed by atoms with E-state index >= 15 is 0 Å². The van der Waals surface area contributed by atoms with Crippen LogP contribution in [-0.2, 0) is 5.41 Å². The Balaban J connectivity index is 2.06. The van der Waals surface area contributed by atoms with Gasteiger partial charge in [-0.2, -0.15) is 4.52 Å². The van der Waals surface area contributed by atoms with Crippen molar-refractivity contribution >= 4 is 22.4 Å². The minimum atomic E-state index is -0.101. The van der Waals surface area contributed by atoms with Gasteiger partial charge in [0.05, 0.1) is 4.53 Å². The van der Waals surface area contributed by atoms with Crippen molar-refractivity contribution in [1.29, 1.82) is 0 Å². The standard InChI is InChI=1S/C16H17N3OS/c1-10-17-15-19(18-10)14(20)13(21-15)9-11-5-7-12(8-6-11)16(2,3)4/h5-9H,1-4H3/b13-9-. The van der Waals surface area contributed by atoms with E-state index in [9.17, 15) is 4.79 Å². The maximum Gasteiger partial charge on any atom is 0.291 e. The van der Waals surface area contributed by atoms with E-state index in [1.54, 1.807) is 6.92 Å². The average Bonchev–Trinajstić information content (AvgIpc) is 2.89. The number of aryl methyl sites for hydroxylation is 1. The van der Waals surface area contributed by atoms with Crippen LogP contribution in [-0.4, -0.2) is 14.6 Å². The fraction of sp³-hybridized carbons (Fsp3) is 0.312. The van der Waals surface area contributed by atoms with Crippen molar-refractivity contribution < 1.29 is 0 Å². The average molecular weight is 299 g/mol. The topological polar surface area (TPSA) is 47.3 Å². The highest BCUT2D eigenvalue weighted by atomic mass is 32.1. The normalized spacial score (nSPS) is 13.2. The summed E-state index contributed by atoms with van der Waals surface area (Å²) in [4.78, 5) is 17.1. The molecule has 0 atom stereocenters. The van der Waals surface area contributed by atoms with Gasteiger partial charge in [0.15, 0.2) is 0 Å². The zero-order valence-corrected chi connectivity index (χ0v) is 13.4. The number of fused-ring (bicyclic) bond motifs is 1. The Morgan fingerprint density at radius 3 is 2.43 bits per heavy atom. The van der Waals surface area contributed by atoms with Gasteiger partial charge >= 0.3 is 0 Å². The van der Waals surface area contributed by atoms with Gasteiger partial charge in [0.2, 0.25) is 4.96 Å². The van der Waals surface area contributed by atoms with Gasteiger partial charge in [-0.3, -0.25) is 4.79 Å². The first kappa shape index (κ1) is 13.9. The Morgan fingerprint density at radius 2 is 1.86 bits per heavy atom. The molecule has 0 bridgehead atoms. The number of hydrogen-bond donors (Lipinski definition) is 0. The second kappa shape index (κ2) is 4.77. The molecule has 0 aliphatic carbocycles. The minimum Gasteiger partial charge on any atom is -0.266 e. The molecule has 3 aromatic rings. The predicted molar refractivity (Wildman–Crippen MR) is 85.8 cm³/mol. The molecule has 0 saturated carbocycles. The lowest BCUT2D eigenvalue weighted by Gasteiger charge is -2.18. The van der Waals surface area contributed by atoms with E-state index in [-0.39, 0.29) is 11.0 Å². The Morgan fingerprint density at radius 1 is 1.19 bits per heavy atom. The molecule has 0 fully saturated rings. The van der Waals surface area contributed by atoms with Gasteiger partial charge in [0.1, 0.15) is 5.82 Å². The van der Waals surface area contributed by atoms with Crippen molar-refractivity contribution in [2.45, 2.75) is 33.1 Å². The highest BCUT2D eigenvalue weighted by molar-refractivity contribution is 7.15. The van der Waals surface area contributed by atoms with Crippen LogP contribution in [0.4, 0.5) is 0 Å². The molecule has 108 valence electrons. The van der Waals surface area contributed by atoms with Crippen molar-refractivity contribution in [2.24, 2.45) is 0 Å². The van der Waals surface area contributed by atoms with Gasteiger partial charge in [-0.05, 0) is 29.5 Å². The van der Waals surface area contributed by atoms with E-state index in [1.165, 1.54) is 21.4 Å². The molecular formula is C16H17N3OS. The second-order valence-corrected chi connectivity index (χ2v) is 7.15. The third-order valence-electron chi connectivity index (χ3n) is 3.36. The second-order valence-electron chi connectivity index (χ2n) is 6.14. The Bertz CT molecular complexity index is 898. The number of benzene rings is 1. The SMILES string of the molecule is Cc1nc2s/c(=C\c3ccc(C(C)(C)C)cc3)c(=O)n2n1. The maximum absolute atomic E-state index is 12.2. The zero-order valence-electron chi connectivity index (χ0n) is 12.5. The Hall–Kier alpha value is -2.01. The van der Waals surface area contributed by atoms with E-state index in [0.29, 0.717) is 15.3 Å². The number of aromatic nitrogens is 3. The number of thiazole rings is 1. The summed E-state index contributed by atoms with van der Waals surface area (Å²) in [7, 11) is 0. The third-order valence-corrected chi connectivity index (χ3v) is 4.32. The highest BCUT2D eigenvalue weighted by Crippen LogP contribution is 2.22. The van der Waals surface area contributed by atoms with E-state index < -0.39 is 0 Å². The predicted octanol–water partition coefficient (Wildman–Crippen LogP) is 2.30. The summed E-state index contributed by atoms with van der Waals surface area (Å²) in [5, 5.41) is 4.10. The van der Waals surface area contributed by atoms with Gasteiger partial charge in [-0.15, -0.1) is 5.10 Å². The summed E-state index contributed by atoms with van der Waals surface area (Å²) in [6.07, 6.45) is 1.89. The molecule has 0 saturated heterocycles. The van der Waals surface area contributed by atoms with Crippen molar-refractivity contribution in [2.75, 3.05) is 0 Å². The minimum absolute atomic E-state index is 0.101. The molecule has 2 heterocycles. The lowest BCUT2D eigenvalue weighted by Crippen LogP contribution is -2.23. The summed E-state index contributed by atoms with van der Waals surface area (Å²) in [5.41, 5.74) is 2.32. The summed E-state index contributed by atoms with van der Waals surface area (Å²) in [6, 6.07) is 8.30. The molecular weight excluding hydrogens is 282 g/mol. The van der Waals surface area contributed by atoms with E-state index in [0.717, 1.165) is 5.56 Å². The number of rotatable bonds is 1. The van der Waals surface area contributed by atoms with Crippen LogP contribution < -0.4 is 10.1 Å². The molecule has 4 nitrogen and oxygen atoms in total. The molecule has 2 aromatic heterocycles. The van der Waals surface area contributed by atoms with E-state index in [2.05, 4.69) is 43.0 Å². The van der Waals surface area contributed by atoms with Gasteiger partial charge in [0.25, 0.3) is 5.56 Å². The maximum atomic E-state index is 12.2. The molecule has 0 aliphatic rings. The van der Waals surface area contributed by atoms with Crippen LogP contribution in [0.25, 0.3) is 11.0 Å². The summed E-state index contributed by atoms with van der Waals surface area (Å²) < 4.78 is 2.03. The van der Waals surface area contributed by atoms with Gasteiger partial charge < -0.3 is 0 Å². The molecule has 21 heavy (non-hydrogen) atoms. The number of hydrogen-bond acceptors (Lipinski definition) is 4. The lowest BCUT2D eigenvalue weighted by molar-refractivity contribution is 0.590. The van der Waals surface area contributed by atoms with E-state index in [4.69, 9.17) is 0 Å². The molecule has 0 aliphatic heterocycles. The van der Waals surface area contributed by atoms with Crippen LogP contribution in [0, 0.1) is 6.92 Å².